The molecule has 12 heteroatoms. The minimum absolute atomic E-state index is 0.0177. The summed E-state index contributed by atoms with van der Waals surface area (Å²) >= 11 is 0. The molecule has 1 fully saturated rings. The van der Waals surface area contributed by atoms with E-state index in [2.05, 4.69) is 54.0 Å². The standard InChI is InChI=1S/C28H34N2O3.C2H4O3.HNO2S/c1-4-21-8-7-9-22(16-21)26(18-30-15-14-23(31)17-30)29(3)28(32)19-33-27-13-12-20(2)24-10-5-6-11-25(24)27;3-1-2-5-4;1-4(2)3/h5-13,16,23,26,31H,4,14-15,17-19H2,1-3H3;1,4H,2H2;1H/t23-,26?;;/m0../s1. The molecule has 0 spiro atoms. The number of ether oxygens (including phenoxy) is 1. The van der Waals surface area contributed by atoms with Crippen LogP contribution >= 0.6 is 0 Å². The van der Waals surface area contributed by atoms with Crippen molar-refractivity contribution in [2.75, 3.05) is 39.9 Å². The van der Waals surface area contributed by atoms with Crippen LogP contribution in [0.4, 0.5) is 0 Å². The number of nitrogens with one attached hydrogen (secondary N) is 1. The van der Waals surface area contributed by atoms with E-state index in [1.807, 2.05) is 37.4 Å². The first-order chi connectivity index (χ1) is 20.1. The van der Waals surface area contributed by atoms with Crippen molar-refractivity contribution in [1.82, 2.24) is 9.80 Å². The van der Waals surface area contributed by atoms with Crippen LogP contribution in [0.15, 0.2) is 60.7 Å². The van der Waals surface area contributed by atoms with E-state index >= 15 is 0 Å². The number of benzene rings is 3. The highest BCUT2D eigenvalue weighted by Gasteiger charge is 2.28. The maximum absolute atomic E-state index is 13.3. The zero-order valence-electron chi connectivity index (χ0n) is 24.1. The Balaban J connectivity index is 0.000000600. The summed E-state index contributed by atoms with van der Waals surface area (Å²) in [4.78, 5) is 29.7. The van der Waals surface area contributed by atoms with Crippen LogP contribution in [0, 0.1) is 11.7 Å². The van der Waals surface area contributed by atoms with Gasteiger partial charge < -0.3 is 19.5 Å². The molecule has 1 heterocycles. The number of hydrogen-bond acceptors (Lipinski definition) is 10. The second kappa shape index (κ2) is 18.0. The molecule has 0 aliphatic carbocycles. The molecule has 3 N–H and O–H groups in total. The third-order valence-electron chi connectivity index (χ3n) is 6.88. The minimum atomic E-state index is -2.61. The van der Waals surface area contributed by atoms with Crippen molar-refractivity contribution in [2.45, 2.75) is 38.8 Å². The summed E-state index contributed by atoms with van der Waals surface area (Å²) < 4.78 is 28.9. The molecular weight excluding hydrogens is 562 g/mol. The number of carbonyl (C=O) groups excluding carboxylic acids is 2. The van der Waals surface area contributed by atoms with Gasteiger partial charge in [0, 0.05) is 32.1 Å². The number of aldehydes is 1. The van der Waals surface area contributed by atoms with Crippen molar-refractivity contribution >= 4 is 33.5 Å². The molecule has 1 amide bonds. The number of β-amino-alcohol motifs (C(OH)–C–C–N with tert-alkyl or cyclic N) is 1. The number of nitrogens with zero attached hydrogens (tertiary/aromatic N) is 2. The molecule has 42 heavy (non-hydrogen) atoms. The lowest BCUT2D eigenvalue weighted by molar-refractivity contribution is -0.234. The number of aryl methyl sites for hydroxylation is 2. The Morgan fingerprint density at radius 2 is 1.86 bits per heavy atom. The Hall–Kier alpha value is -3.68. The fourth-order valence-electron chi connectivity index (χ4n) is 4.69. The van der Waals surface area contributed by atoms with Crippen LogP contribution in [0.25, 0.3) is 10.8 Å². The van der Waals surface area contributed by atoms with Gasteiger partial charge in [0.25, 0.3) is 5.91 Å². The van der Waals surface area contributed by atoms with Crippen LogP contribution in [0.1, 0.15) is 36.1 Å². The van der Waals surface area contributed by atoms with Gasteiger partial charge in [-0.3, -0.25) is 15.0 Å². The fraction of sp³-hybridized carbons (Fsp3) is 0.400. The van der Waals surface area contributed by atoms with Crippen LogP contribution < -0.4 is 4.74 Å². The lowest BCUT2D eigenvalue weighted by Crippen LogP contribution is -2.41. The minimum Gasteiger partial charge on any atom is -0.483 e. The summed E-state index contributed by atoms with van der Waals surface area (Å²) in [7, 11) is -0.755. The summed E-state index contributed by atoms with van der Waals surface area (Å²) in [5, 5.41) is 19.5. The van der Waals surface area contributed by atoms with Crippen LogP contribution in [0.3, 0.4) is 0 Å². The van der Waals surface area contributed by atoms with Gasteiger partial charge in [-0.25, -0.2) is 4.89 Å². The van der Waals surface area contributed by atoms with E-state index in [0.29, 0.717) is 19.4 Å². The zero-order valence-corrected chi connectivity index (χ0v) is 24.9. The predicted octanol–water partition coefficient (Wildman–Crippen LogP) is 3.66. The Morgan fingerprint density at radius 1 is 1.17 bits per heavy atom. The lowest BCUT2D eigenvalue weighted by atomic mass is 10.0. The summed E-state index contributed by atoms with van der Waals surface area (Å²) in [5.74, 6) is 0.663. The van der Waals surface area contributed by atoms with Crippen LogP contribution in [0.5, 0.6) is 5.75 Å². The number of amides is 1. The van der Waals surface area contributed by atoms with Crippen LogP contribution in [-0.4, -0.2) is 86.8 Å². The molecule has 3 aromatic carbocycles. The molecule has 0 radical (unpaired) electrons. The van der Waals surface area contributed by atoms with Crippen LogP contribution in [0.2, 0.25) is 0 Å². The first-order valence-corrected chi connectivity index (χ1v) is 14.5. The average molecular weight is 602 g/mol. The number of fused-ring (bicyclic) bond motifs is 1. The fourth-order valence-corrected chi connectivity index (χ4v) is 4.69. The van der Waals surface area contributed by atoms with Gasteiger partial charge >= 0.3 is 10.5 Å². The molecule has 11 nitrogen and oxygen atoms in total. The molecule has 0 saturated carbocycles. The summed E-state index contributed by atoms with van der Waals surface area (Å²) in [6.45, 7) is 6.15. The molecule has 0 bridgehead atoms. The Morgan fingerprint density at radius 3 is 2.43 bits per heavy atom. The average Bonchev–Trinajstić information content (AvgIpc) is 3.40. The molecule has 3 aromatic rings. The van der Waals surface area contributed by atoms with Gasteiger partial charge in [-0.15, -0.1) is 0 Å². The van der Waals surface area contributed by atoms with E-state index in [-0.39, 0.29) is 31.3 Å². The largest absolute Gasteiger partial charge is 0.483 e. The summed E-state index contributed by atoms with van der Waals surface area (Å²) in [6, 6.07) is 20.4. The SMILES string of the molecule is CCc1cccc(C(CN2CC[C@H](O)C2)N(C)C(=O)COc2ccc(C)c3ccccc23)c1.N=S(=O)=O.O=CCOO. The van der Waals surface area contributed by atoms with Gasteiger partial charge in [0.05, 0.1) is 12.1 Å². The normalized spacial score (nSPS) is 15.0. The highest BCUT2D eigenvalue weighted by atomic mass is 32.2. The smallest absolute Gasteiger partial charge is 0.308 e. The molecule has 1 aliphatic heterocycles. The summed E-state index contributed by atoms with van der Waals surface area (Å²) in [6.07, 6.45) is 1.90. The van der Waals surface area contributed by atoms with E-state index in [0.717, 1.165) is 41.5 Å². The molecule has 0 aromatic heterocycles. The molecule has 2 atom stereocenters. The zero-order chi connectivity index (χ0) is 31.1. The molecule has 1 saturated heterocycles. The predicted molar refractivity (Wildman–Crippen MR) is 159 cm³/mol. The number of aliphatic hydroxyl groups excluding tert-OH is 1. The van der Waals surface area contributed by atoms with Gasteiger partial charge in [0.1, 0.15) is 18.6 Å². The van der Waals surface area contributed by atoms with E-state index in [1.165, 1.54) is 11.1 Å². The second-order valence-corrected chi connectivity index (χ2v) is 10.2. The van der Waals surface area contributed by atoms with Crippen molar-refractivity contribution < 1.29 is 38.0 Å². The number of hydrogen-bond donors (Lipinski definition) is 3. The lowest BCUT2D eigenvalue weighted by Gasteiger charge is -2.32. The third-order valence-corrected chi connectivity index (χ3v) is 6.88. The number of likely N-dealkylation sites (N-methyl/N-ethyl adjacent to an activating group) is 1. The van der Waals surface area contributed by atoms with E-state index < -0.39 is 10.5 Å². The van der Waals surface area contributed by atoms with E-state index in [4.69, 9.17) is 28.0 Å². The highest BCUT2D eigenvalue weighted by molar-refractivity contribution is 7.60. The van der Waals surface area contributed by atoms with Gasteiger partial charge in [-0.2, -0.15) is 13.2 Å². The van der Waals surface area contributed by atoms with Crippen molar-refractivity contribution in [3.05, 3.63) is 77.4 Å². The number of carbonyl (C=O) groups is 2. The number of aliphatic hydroxyl groups is 1. The van der Waals surface area contributed by atoms with Crippen molar-refractivity contribution in [3.8, 4) is 5.75 Å². The molecular formula is C30H39N3O8S. The first-order valence-electron chi connectivity index (χ1n) is 13.5. The van der Waals surface area contributed by atoms with Crippen LogP contribution in [-0.2, 0) is 31.4 Å². The quantitative estimate of drug-likeness (QED) is 0.179. The monoisotopic (exact) mass is 601 g/mol. The summed E-state index contributed by atoms with van der Waals surface area (Å²) in [5.41, 5.74) is 3.56. The topological polar surface area (TPSA) is 158 Å². The van der Waals surface area contributed by atoms with Crippen molar-refractivity contribution in [3.63, 3.8) is 0 Å². The molecule has 1 aliphatic rings. The molecule has 4 rings (SSSR count). The molecule has 1 unspecified atom stereocenters. The Labute approximate surface area is 247 Å². The van der Waals surface area contributed by atoms with E-state index in [1.54, 1.807) is 4.90 Å². The first kappa shape index (κ1) is 34.5. The van der Waals surface area contributed by atoms with Gasteiger partial charge in [0.15, 0.2) is 6.61 Å². The second-order valence-electron chi connectivity index (χ2n) is 9.73. The maximum Gasteiger partial charge on any atom is 0.308 e. The van der Waals surface area contributed by atoms with Crippen molar-refractivity contribution in [1.29, 1.82) is 4.78 Å². The van der Waals surface area contributed by atoms with E-state index in [9.17, 15) is 9.90 Å². The van der Waals surface area contributed by atoms with Crippen molar-refractivity contribution in [2.24, 2.45) is 0 Å². The highest BCUT2D eigenvalue weighted by Crippen LogP contribution is 2.29. The third kappa shape index (κ3) is 11.0. The number of likely N-dealkylation sites (tertiary alicyclic amines) is 1. The van der Waals surface area contributed by atoms with Gasteiger partial charge in [-0.1, -0.05) is 61.5 Å². The maximum atomic E-state index is 13.3. The number of rotatable bonds is 10. The van der Waals surface area contributed by atoms with Gasteiger partial charge in [-0.05, 0) is 47.9 Å². The Kier molecular flexibility index (Phi) is 14.8. The Bertz CT molecular complexity index is 1410. The molecule has 228 valence electrons. The van der Waals surface area contributed by atoms with Gasteiger partial charge in [0.2, 0.25) is 0 Å².